The fourth-order valence-corrected chi connectivity index (χ4v) is 3.67. The van der Waals surface area contributed by atoms with Crippen LogP contribution in [-0.2, 0) is 9.59 Å². The third-order valence-electron chi connectivity index (χ3n) is 5.89. The minimum atomic E-state index is -0.299. The Morgan fingerprint density at radius 2 is 1.77 bits per heavy atom. The Bertz CT molecular complexity index is 872. The van der Waals surface area contributed by atoms with Gasteiger partial charge in [-0.2, -0.15) is 0 Å². The molecule has 0 radical (unpaired) electrons. The third kappa shape index (κ3) is 11.9. The van der Waals surface area contributed by atoms with Crippen LogP contribution < -0.4 is 5.32 Å². The fraction of sp³-hybridized carbons (Fsp3) is 0.500. The lowest BCUT2D eigenvalue weighted by Crippen LogP contribution is -2.46. The van der Waals surface area contributed by atoms with E-state index in [2.05, 4.69) is 52.2 Å². The number of ketones is 1. The van der Waals surface area contributed by atoms with Crippen molar-refractivity contribution in [2.24, 2.45) is 9.98 Å². The quantitative estimate of drug-likeness (QED) is 0.123. The lowest BCUT2D eigenvalue weighted by molar-refractivity contribution is -0.116. The number of nitrogens with one attached hydrogen (secondary N) is 1. The van der Waals surface area contributed by atoms with Crippen LogP contribution in [0, 0.1) is 0 Å². The number of amides is 1. The molecule has 1 fully saturated rings. The standard InChI is InChI=1S/C28H43N5O2/c1-7-10-11-14-26(24(5)34)21-23(4)27(30-22-29-6)31-28(35)25(13-8-2)15-12-16-33-19-17-32(9-3)18-20-33/h8,12-15,22H,2,6-7,9-11,16-21H2,1,3-5H3,(H,31,35)/b15-12-,25-13+,26-14+,27-23+,30-22-. The zero-order valence-electron chi connectivity index (χ0n) is 22.1. The molecule has 0 saturated carbocycles. The number of hydrogen-bond acceptors (Lipinski definition) is 5. The van der Waals surface area contributed by atoms with Gasteiger partial charge in [-0.1, -0.05) is 63.6 Å². The summed E-state index contributed by atoms with van der Waals surface area (Å²) in [6.07, 6.45) is 13.7. The van der Waals surface area contributed by atoms with E-state index >= 15 is 0 Å². The summed E-state index contributed by atoms with van der Waals surface area (Å²) in [5.74, 6) is 0.0860. The molecule has 0 aromatic heterocycles. The van der Waals surface area contributed by atoms with Crippen molar-refractivity contribution in [3.63, 3.8) is 0 Å². The molecule has 192 valence electrons. The first kappa shape index (κ1) is 30.1. The largest absolute Gasteiger partial charge is 0.307 e. The summed E-state index contributed by atoms with van der Waals surface area (Å²) in [4.78, 5) is 37.9. The second-order valence-electron chi connectivity index (χ2n) is 8.61. The van der Waals surface area contributed by atoms with Crippen LogP contribution in [0.3, 0.4) is 0 Å². The maximum absolute atomic E-state index is 13.1. The molecule has 1 aliphatic rings. The van der Waals surface area contributed by atoms with Gasteiger partial charge in [-0.3, -0.25) is 19.5 Å². The van der Waals surface area contributed by atoms with Gasteiger partial charge in [-0.25, -0.2) is 4.99 Å². The topological polar surface area (TPSA) is 77.4 Å². The second kappa shape index (κ2) is 17.5. The van der Waals surface area contributed by atoms with Crippen LogP contribution in [0.25, 0.3) is 0 Å². The van der Waals surface area contributed by atoms with Gasteiger partial charge in [0.1, 0.15) is 12.2 Å². The van der Waals surface area contributed by atoms with Crippen molar-refractivity contribution in [1.29, 1.82) is 0 Å². The summed E-state index contributed by atoms with van der Waals surface area (Å²) in [5, 5.41) is 2.88. The number of Topliss-reactive ketones (excluding diaryl/α,β-unsaturated/α-hetero) is 1. The molecule has 0 aromatic carbocycles. The van der Waals surface area contributed by atoms with E-state index in [4.69, 9.17) is 0 Å². The Morgan fingerprint density at radius 1 is 1.09 bits per heavy atom. The van der Waals surface area contributed by atoms with Crippen LogP contribution >= 0.6 is 0 Å². The maximum atomic E-state index is 13.1. The van der Waals surface area contributed by atoms with Crippen molar-refractivity contribution >= 4 is 24.7 Å². The van der Waals surface area contributed by atoms with E-state index in [0.29, 0.717) is 17.8 Å². The highest BCUT2D eigenvalue weighted by Crippen LogP contribution is 2.17. The summed E-state index contributed by atoms with van der Waals surface area (Å²) >= 11 is 0. The summed E-state index contributed by atoms with van der Waals surface area (Å²) in [5.41, 5.74) is 1.96. The number of carbonyl (C=O) groups excluding carboxylic acids is 2. The molecule has 0 spiro atoms. The van der Waals surface area contributed by atoms with Crippen LogP contribution in [0.4, 0.5) is 0 Å². The lowest BCUT2D eigenvalue weighted by Gasteiger charge is -2.33. The first-order chi connectivity index (χ1) is 16.9. The van der Waals surface area contributed by atoms with Gasteiger partial charge in [-0.05, 0) is 44.7 Å². The van der Waals surface area contributed by atoms with E-state index < -0.39 is 0 Å². The third-order valence-corrected chi connectivity index (χ3v) is 5.89. The number of allylic oxidation sites excluding steroid dienone is 5. The molecular formula is C28H43N5O2. The van der Waals surface area contributed by atoms with Crippen molar-refractivity contribution in [1.82, 2.24) is 15.1 Å². The van der Waals surface area contributed by atoms with Gasteiger partial charge in [-0.15, -0.1) is 0 Å². The van der Waals surface area contributed by atoms with Gasteiger partial charge in [0.05, 0.1) is 0 Å². The molecule has 1 amide bonds. The Labute approximate surface area is 211 Å². The zero-order chi connectivity index (χ0) is 26.1. The second-order valence-corrected chi connectivity index (χ2v) is 8.61. The van der Waals surface area contributed by atoms with Crippen molar-refractivity contribution in [3.8, 4) is 0 Å². The average molecular weight is 482 g/mol. The van der Waals surface area contributed by atoms with E-state index in [1.807, 2.05) is 25.2 Å². The normalized spacial score (nSPS) is 17.0. The minimum Gasteiger partial charge on any atom is -0.307 e. The molecule has 1 aliphatic heterocycles. The maximum Gasteiger partial charge on any atom is 0.256 e. The van der Waals surface area contributed by atoms with Crippen LogP contribution in [-0.4, -0.2) is 73.8 Å². The first-order valence-corrected chi connectivity index (χ1v) is 12.5. The Hall–Kier alpha value is -2.90. The number of likely N-dealkylation sites (N-methyl/N-ethyl adjacent to an activating group) is 1. The van der Waals surface area contributed by atoms with E-state index in [1.54, 1.807) is 19.1 Å². The Kier molecular flexibility index (Phi) is 15.1. The summed E-state index contributed by atoms with van der Waals surface area (Å²) in [6, 6.07) is 0. The van der Waals surface area contributed by atoms with Gasteiger partial charge >= 0.3 is 0 Å². The van der Waals surface area contributed by atoms with Crippen LogP contribution in [0.5, 0.6) is 0 Å². The monoisotopic (exact) mass is 481 g/mol. The molecule has 0 aliphatic carbocycles. The molecule has 35 heavy (non-hydrogen) atoms. The smallest absolute Gasteiger partial charge is 0.256 e. The highest BCUT2D eigenvalue weighted by molar-refractivity contribution is 5.98. The summed E-state index contributed by atoms with van der Waals surface area (Å²) in [6.45, 7) is 20.9. The number of hydrogen-bond donors (Lipinski definition) is 1. The molecule has 7 heteroatoms. The zero-order valence-corrected chi connectivity index (χ0v) is 22.1. The average Bonchev–Trinajstić information content (AvgIpc) is 2.85. The number of piperazine rings is 1. The summed E-state index contributed by atoms with van der Waals surface area (Å²) < 4.78 is 0. The lowest BCUT2D eigenvalue weighted by atomic mass is 10.0. The highest BCUT2D eigenvalue weighted by atomic mass is 16.1. The summed E-state index contributed by atoms with van der Waals surface area (Å²) in [7, 11) is 0. The minimum absolute atomic E-state index is 0.0203. The van der Waals surface area contributed by atoms with Gasteiger partial charge in [0, 0.05) is 44.7 Å². The highest BCUT2D eigenvalue weighted by Gasteiger charge is 2.15. The van der Waals surface area contributed by atoms with Crippen molar-refractivity contribution in [2.75, 3.05) is 39.3 Å². The van der Waals surface area contributed by atoms with Gasteiger partial charge in [0.15, 0.2) is 5.78 Å². The van der Waals surface area contributed by atoms with Gasteiger partial charge < -0.3 is 10.2 Å². The van der Waals surface area contributed by atoms with Crippen LogP contribution in [0.15, 0.2) is 69.5 Å². The predicted octanol–water partition coefficient (Wildman–Crippen LogP) is 4.46. The number of carbonyl (C=O) groups is 2. The fourth-order valence-electron chi connectivity index (χ4n) is 3.67. The molecule has 1 N–H and O–H groups in total. The molecule has 0 atom stereocenters. The van der Waals surface area contributed by atoms with Crippen LogP contribution in [0.2, 0.25) is 0 Å². The van der Waals surface area contributed by atoms with Gasteiger partial charge in [0.2, 0.25) is 0 Å². The van der Waals surface area contributed by atoms with E-state index in [-0.39, 0.29) is 11.7 Å². The molecular weight excluding hydrogens is 438 g/mol. The van der Waals surface area contributed by atoms with E-state index in [9.17, 15) is 9.59 Å². The number of rotatable bonds is 15. The first-order valence-electron chi connectivity index (χ1n) is 12.5. The molecule has 0 unspecified atom stereocenters. The number of unbranched alkanes of at least 4 members (excludes halogenated alkanes) is 2. The SMILES string of the molecule is C=C/C=C(\C=C/CN1CCN(CC)CC1)C(=O)NC(/N=C\N=C)=C(\C)C/C(=C\CCCC)C(C)=O. The molecule has 1 rings (SSSR count). The van der Waals surface area contributed by atoms with Gasteiger partial charge in [0.25, 0.3) is 5.91 Å². The molecule has 0 aromatic rings. The Morgan fingerprint density at radius 3 is 2.34 bits per heavy atom. The van der Waals surface area contributed by atoms with Crippen molar-refractivity contribution < 1.29 is 9.59 Å². The number of aliphatic imine (C=N–C) groups is 2. The predicted molar refractivity (Wildman–Crippen MR) is 148 cm³/mol. The van der Waals surface area contributed by atoms with E-state index in [1.165, 1.54) is 6.34 Å². The molecule has 7 nitrogen and oxygen atoms in total. The van der Waals surface area contributed by atoms with Crippen LogP contribution in [0.1, 0.15) is 53.4 Å². The van der Waals surface area contributed by atoms with E-state index in [0.717, 1.165) is 69.7 Å². The van der Waals surface area contributed by atoms with Crippen molar-refractivity contribution in [3.05, 3.63) is 59.5 Å². The molecule has 1 saturated heterocycles. The number of nitrogens with zero attached hydrogens (tertiary/aromatic N) is 4. The molecule has 1 heterocycles. The van der Waals surface area contributed by atoms with Crippen molar-refractivity contribution in [2.45, 2.75) is 53.4 Å². The molecule has 0 bridgehead atoms. The Balaban J connectivity index is 2.97.